The molecular formula is C10H20BO6PS. The van der Waals surface area contributed by atoms with E-state index in [0.717, 1.165) is 0 Å². The summed E-state index contributed by atoms with van der Waals surface area (Å²) in [7, 11) is 8.99. The van der Waals surface area contributed by atoms with Crippen LogP contribution in [0.4, 0.5) is 0 Å². The molecule has 1 saturated heterocycles. The Hall–Kier alpha value is 0.475. The average Bonchev–Trinajstić information content (AvgIpc) is 2.56. The first-order valence-corrected chi connectivity index (χ1v) is 9.00. The van der Waals surface area contributed by atoms with Crippen molar-refractivity contribution >= 4 is 26.1 Å². The minimum atomic E-state index is -2.85. The molecule has 1 heterocycles. The van der Waals surface area contributed by atoms with Crippen LogP contribution < -0.4 is 0 Å². The Balaban J connectivity index is 2.70. The lowest BCUT2D eigenvalue weighted by atomic mass is 9.93. The van der Waals surface area contributed by atoms with Crippen LogP contribution in [0.5, 0.6) is 0 Å². The van der Waals surface area contributed by atoms with E-state index in [-0.39, 0.29) is 6.61 Å². The maximum atomic E-state index is 9.73. The monoisotopic (exact) mass is 310 g/mol. The van der Waals surface area contributed by atoms with Crippen molar-refractivity contribution in [3.63, 3.8) is 0 Å². The van der Waals surface area contributed by atoms with Crippen molar-refractivity contribution < 1.29 is 28.4 Å². The van der Waals surface area contributed by atoms with Crippen LogP contribution in [-0.2, 0) is 35.3 Å². The number of methoxy groups -OCH3 is 2. The zero-order valence-corrected chi connectivity index (χ0v) is 13.1. The molecule has 5 atom stereocenters. The van der Waals surface area contributed by atoms with E-state index in [0.29, 0.717) is 13.2 Å². The SMILES string of the molecule is [B][C@@H]1O[C@H](COC)C(OP(C)(O)=S)[C@@H]1OCCOC. The van der Waals surface area contributed by atoms with Crippen LogP contribution in [0, 0.1) is 0 Å². The predicted molar refractivity (Wildman–Crippen MR) is 75.2 cm³/mol. The van der Waals surface area contributed by atoms with Gasteiger partial charge in [-0.05, 0) is 11.8 Å². The molecule has 1 N–H and O–H groups in total. The molecule has 0 aromatic heterocycles. The third-order valence-corrected chi connectivity index (χ3v) is 3.48. The van der Waals surface area contributed by atoms with E-state index in [4.69, 9.17) is 43.1 Å². The summed E-state index contributed by atoms with van der Waals surface area (Å²) in [4.78, 5) is 9.73. The minimum absolute atomic E-state index is 0.290. The highest BCUT2D eigenvalue weighted by atomic mass is 32.5. The lowest BCUT2D eigenvalue weighted by Gasteiger charge is -2.26. The maximum absolute atomic E-state index is 9.73. The molecule has 0 spiro atoms. The number of hydrogen-bond donors (Lipinski definition) is 1. The molecule has 0 saturated carbocycles. The number of rotatable bonds is 8. The molecule has 1 fully saturated rings. The van der Waals surface area contributed by atoms with E-state index in [1.807, 2.05) is 0 Å². The van der Waals surface area contributed by atoms with Crippen LogP contribution in [0.2, 0.25) is 0 Å². The van der Waals surface area contributed by atoms with Crippen molar-refractivity contribution in [2.75, 3.05) is 40.7 Å². The zero-order valence-electron chi connectivity index (χ0n) is 11.4. The summed E-state index contributed by atoms with van der Waals surface area (Å²) in [5.74, 6) is 0. The van der Waals surface area contributed by atoms with Crippen molar-refractivity contribution in [2.45, 2.75) is 24.3 Å². The van der Waals surface area contributed by atoms with Crippen molar-refractivity contribution in [3.05, 3.63) is 0 Å². The van der Waals surface area contributed by atoms with Crippen LogP contribution in [0.25, 0.3) is 0 Å². The van der Waals surface area contributed by atoms with Gasteiger partial charge in [0.15, 0.2) is 6.49 Å². The quantitative estimate of drug-likeness (QED) is 0.381. The molecule has 110 valence electrons. The summed E-state index contributed by atoms with van der Waals surface area (Å²) < 4.78 is 26.6. The molecular weight excluding hydrogens is 290 g/mol. The van der Waals surface area contributed by atoms with E-state index < -0.39 is 30.8 Å². The molecule has 1 aliphatic heterocycles. The third kappa shape index (κ3) is 5.77. The summed E-state index contributed by atoms with van der Waals surface area (Å²) in [5, 5.41) is 0. The van der Waals surface area contributed by atoms with Gasteiger partial charge in [0.25, 0.3) is 0 Å². The molecule has 0 amide bonds. The van der Waals surface area contributed by atoms with E-state index in [1.165, 1.54) is 6.66 Å². The Bertz CT molecular complexity index is 314. The molecule has 19 heavy (non-hydrogen) atoms. The topological polar surface area (TPSA) is 66.4 Å². The summed E-state index contributed by atoms with van der Waals surface area (Å²) in [6.45, 7) is -0.292. The number of ether oxygens (including phenoxy) is 4. The lowest BCUT2D eigenvalue weighted by molar-refractivity contribution is -0.0329. The lowest BCUT2D eigenvalue weighted by Crippen LogP contribution is -2.39. The normalized spacial score (nSPS) is 34.3. The second kappa shape index (κ2) is 8.05. The van der Waals surface area contributed by atoms with E-state index in [2.05, 4.69) is 0 Å². The Labute approximate surface area is 120 Å². The van der Waals surface area contributed by atoms with Gasteiger partial charge in [-0.1, -0.05) is 0 Å². The summed E-state index contributed by atoms with van der Waals surface area (Å²) >= 11 is 4.91. The molecule has 2 radical (unpaired) electrons. The largest absolute Gasteiger partial charge is 0.382 e. The summed E-state index contributed by atoms with van der Waals surface area (Å²) in [5.41, 5.74) is 0. The molecule has 2 unspecified atom stereocenters. The van der Waals surface area contributed by atoms with Crippen LogP contribution in [0.15, 0.2) is 0 Å². The average molecular weight is 310 g/mol. The first kappa shape index (κ1) is 17.5. The maximum Gasteiger partial charge on any atom is 0.183 e. The van der Waals surface area contributed by atoms with E-state index in [9.17, 15) is 4.89 Å². The predicted octanol–water partition coefficient (Wildman–Crippen LogP) is -0.125. The fourth-order valence-corrected chi connectivity index (χ4v) is 2.87. The Morgan fingerprint density at radius 2 is 1.95 bits per heavy atom. The molecule has 9 heteroatoms. The Kier molecular flexibility index (Phi) is 7.42. The Morgan fingerprint density at radius 1 is 1.26 bits per heavy atom. The smallest absolute Gasteiger partial charge is 0.183 e. The van der Waals surface area contributed by atoms with E-state index >= 15 is 0 Å². The molecule has 1 rings (SSSR count). The molecule has 0 aromatic rings. The van der Waals surface area contributed by atoms with Crippen LogP contribution in [-0.4, -0.2) is 77.8 Å². The summed E-state index contributed by atoms with van der Waals surface area (Å²) in [6.07, 6.45) is -1.47. The van der Waals surface area contributed by atoms with E-state index in [1.54, 1.807) is 14.2 Å². The van der Waals surface area contributed by atoms with Crippen molar-refractivity contribution in [3.8, 4) is 0 Å². The second-order valence-corrected chi connectivity index (χ2v) is 8.15. The van der Waals surface area contributed by atoms with Gasteiger partial charge >= 0.3 is 0 Å². The van der Waals surface area contributed by atoms with Gasteiger partial charge in [0.1, 0.15) is 26.2 Å². The van der Waals surface area contributed by atoms with Crippen LogP contribution in [0.1, 0.15) is 0 Å². The van der Waals surface area contributed by atoms with Gasteiger partial charge in [-0.25, -0.2) is 0 Å². The van der Waals surface area contributed by atoms with Crippen LogP contribution in [0.3, 0.4) is 0 Å². The fourth-order valence-electron chi connectivity index (χ4n) is 1.86. The highest BCUT2D eigenvalue weighted by molar-refractivity contribution is 8.09. The molecule has 0 bridgehead atoms. The molecule has 0 aliphatic carbocycles. The minimum Gasteiger partial charge on any atom is -0.382 e. The zero-order chi connectivity index (χ0) is 14.5. The number of hydrogen-bond acceptors (Lipinski definition) is 6. The second-order valence-electron chi connectivity index (χ2n) is 4.30. The summed E-state index contributed by atoms with van der Waals surface area (Å²) in [6, 6.07) is -0.649. The van der Waals surface area contributed by atoms with Crippen LogP contribution >= 0.6 is 6.49 Å². The molecule has 1 aliphatic rings. The van der Waals surface area contributed by atoms with Gasteiger partial charge in [-0.15, -0.1) is 0 Å². The van der Waals surface area contributed by atoms with Crippen molar-refractivity contribution in [1.29, 1.82) is 0 Å². The van der Waals surface area contributed by atoms with Crippen molar-refractivity contribution in [1.82, 2.24) is 0 Å². The van der Waals surface area contributed by atoms with Gasteiger partial charge in [0.2, 0.25) is 0 Å². The van der Waals surface area contributed by atoms with Gasteiger partial charge < -0.3 is 28.4 Å². The third-order valence-electron chi connectivity index (χ3n) is 2.59. The Morgan fingerprint density at radius 3 is 2.47 bits per heavy atom. The fraction of sp³-hybridized carbons (Fsp3) is 1.00. The first-order chi connectivity index (χ1) is 8.89. The van der Waals surface area contributed by atoms with Gasteiger partial charge in [-0.2, -0.15) is 0 Å². The van der Waals surface area contributed by atoms with Gasteiger partial charge in [-0.3, -0.25) is 0 Å². The molecule has 0 aromatic carbocycles. The highest BCUT2D eigenvalue weighted by Gasteiger charge is 2.45. The van der Waals surface area contributed by atoms with Gasteiger partial charge in [0, 0.05) is 26.9 Å². The molecule has 6 nitrogen and oxygen atoms in total. The van der Waals surface area contributed by atoms with Gasteiger partial charge in [0.05, 0.1) is 19.8 Å². The highest BCUT2D eigenvalue weighted by Crippen LogP contribution is 2.43. The van der Waals surface area contributed by atoms with Crippen molar-refractivity contribution in [2.24, 2.45) is 0 Å². The first-order valence-electron chi connectivity index (χ1n) is 5.88. The standard InChI is InChI=1S/C10H20BO6PS/c1-13-4-5-15-9-8(17-18(3,12)19)7(6-14-2)16-10(9)11/h7-10H,4-6H2,1-3H3,(H,12,19)/t7-,8?,9+,10-,18?/m1/s1.